The molecule has 0 radical (unpaired) electrons. The minimum absolute atomic E-state index is 0.483. The molecule has 0 aliphatic carbocycles. The van der Waals surface area contributed by atoms with E-state index in [9.17, 15) is 0 Å². The summed E-state index contributed by atoms with van der Waals surface area (Å²) in [7, 11) is -1.43. The van der Waals surface area contributed by atoms with Crippen LogP contribution in [0.1, 0.15) is 5.56 Å². The molecule has 0 unspecified atom stereocenters. The maximum atomic E-state index is 9.04. The van der Waals surface area contributed by atoms with Gasteiger partial charge in [0.15, 0.2) is 0 Å². The van der Waals surface area contributed by atoms with Crippen LogP contribution in [0.25, 0.3) is 10.2 Å². The molecule has 0 atom stereocenters. The molecule has 0 aliphatic rings. The van der Waals surface area contributed by atoms with Crippen LogP contribution in [0.4, 0.5) is 5.82 Å². The van der Waals surface area contributed by atoms with Gasteiger partial charge in [-0.15, -0.1) is 11.3 Å². The number of nitrogens with zero attached hydrogens (tertiary/aromatic N) is 2. The number of nitrogens with one attached hydrogen (secondary N) is 1. The minimum atomic E-state index is -1.43. The van der Waals surface area contributed by atoms with Gasteiger partial charge >= 0.3 is 7.12 Å². The van der Waals surface area contributed by atoms with Crippen LogP contribution in [0.2, 0.25) is 0 Å². The van der Waals surface area contributed by atoms with E-state index in [0.717, 1.165) is 21.6 Å². The molecule has 3 rings (SSSR count). The summed E-state index contributed by atoms with van der Waals surface area (Å²) in [6.07, 6.45) is 1.54. The van der Waals surface area contributed by atoms with Crippen LogP contribution in [0, 0.1) is 0 Å². The molecule has 20 heavy (non-hydrogen) atoms. The second-order valence-corrected chi connectivity index (χ2v) is 5.24. The Balaban J connectivity index is 1.74. The molecule has 0 saturated carbocycles. The van der Waals surface area contributed by atoms with Crippen LogP contribution in [0.15, 0.2) is 42.0 Å². The standard InChI is InChI=1S/C13H12BN3O2S/c18-14(19)10-3-1-9(2-4-10)7-15-13-12-11(5-6-20-12)16-8-17-13/h1-6,8,18-19H,7H2,(H,15,16,17). The number of anilines is 1. The molecule has 0 aliphatic heterocycles. The van der Waals surface area contributed by atoms with Gasteiger partial charge in [-0.1, -0.05) is 24.3 Å². The van der Waals surface area contributed by atoms with Gasteiger partial charge in [-0.2, -0.15) is 0 Å². The molecular formula is C13H12BN3O2S. The second kappa shape index (κ2) is 5.58. The zero-order valence-corrected chi connectivity index (χ0v) is 11.3. The van der Waals surface area contributed by atoms with Crippen molar-refractivity contribution in [2.24, 2.45) is 0 Å². The summed E-state index contributed by atoms with van der Waals surface area (Å²) >= 11 is 1.60. The van der Waals surface area contributed by atoms with Crippen LogP contribution in [-0.2, 0) is 6.54 Å². The van der Waals surface area contributed by atoms with E-state index in [-0.39, 0.29) is 0 Å². The van der Waals surface area contributed by atoms with Crippen molar-refractivity contribution in [2.75, 3.05) is 5.32 Å². The van der Waals surface area contributed by atoms with E-state index >= 15 is 0 Å². The summed E-state index contributed by atoms with van der Waals surface area (Å²) in [5.74, 6) is 0.816. The zero-order valence-electron chi connectivity index (χ0n) is 10.5. The van der Waals surface area contributed by atoms with Crippen LogP contribution >= 0.6 is 11.3 Å². The predicted octanol–water partition coefficient (Wildman–Crippen LogP) is 0.983. The molecule has 1 aromatic carbocycles. The zero-order chi connectivity index (χ0) is 13.9. The van der Waals surface area contributed by atoms with E-state index in [4.69, 9.17) is 10.0 Å². The SMILES string of the molecule is OB(O)c1ccc(CNc2ncnc3ccsc23)cc1. The number of hydrogen-bond donors (Lipinski definition) is 3. The Kier molecular flexibility index (Phi) is 3.64. The molecule has 7 heteroatoms. The highest BCUT2D eigenvalue weighted by Crippen LogP contribution is 2.24. The van der Waals surface area contributed by atoms with Gasteiger partial charge in [-0.25, -0.2) is 9.97 Å². The normalized spacial score (nSPS) is 10.7. The first kappa shape index (κ1) is 13.0. The molecule has 2 heterocycles. The van der Waals surface area contributed by atoms with E-state index in [2.05, 4.69) is 15.3 Å². The van der Waals surface area contributed by atoms with Gasteiger partial charge in [-0.3, -0.25) is 0 Å². The van der Waals surface area contributed by atoms with Gasteiger partial charge in [0.1, 0.15) is 12.1 Å². The number of rotatable bonds is 4. The summed E-state index contributed by atoms with van der Waals surface area (Å²) < 4.78 is 1.04. The number of thiophene rings is 1. The molecular weight excluding hydrogens is 273 g/mol. The molecule has 5 nitrogen and oxygen atoms in total. The van der Waals surface area contributed by atoms with E-state index in [1.807, 2.05) is 23.6 Å². The van der Waals surface area contributed by atoms with E-state index in [1.165, 1.54) is 0 Å². The van der Waals surface area contributed by atoms with Crippen molar-refractivity contribution in [3.8, 4) is 0 Å². The fraction of sp³-hybridized carbons (Fsp3) is 0.0769. The first-order valence-corrected chi connectivity index (χ1v) is 6.99. The van der Waals surface area contributed by atoms with Crippen molar-refractivity contribution in [3.63, 3.8) is 0 Å². The molecule has 3 aromatic rings. The van der Waals surface area contributed by atoms with Crippen LogP contribution in [0.5, 0.6) is 0 Å². The highest BCUT2D eigenvalue weighted by molar-refractivity contribution is 7.17. The molecule has 0 spiro atoms. The van der Waals surface area contributed by atoms with Gasteiger partial charge in [0.2, 0.25) is 0 Å². The third-order valence-electron chi connectivity index (χ3n) is 2.98. The van der Waals surface area contributed by atoms with Gasteiger partial charge in [-0.05, 0) is 22.5 Å². The van der Waals surface area contributed by atoms with Crippen molar-refractivity contribution < 1.29 is 10.0 Å². The van der Waals surface area contributed by atoms with Crippen molar-refractivity contribution in [1.29, 1.82) is 0 Å². The maximum absolute atomic E-state index is 9.04. The fourth-order valence-electron chi connectivity index (χ4n) is 1.91. The first-order chi connectivity index (χ1) is 9.74. The van der Waals surface area contributed by atoms with E-state index in [0.29, 0.717) is 12.0 Å². The summed E-state index contributed by atoms with van der Waals surface area (Å²) in [6, 6.07) is 9.07. The summed E-state index contributed by atoms with van der Waals surface area (Å²) in [6.45, 7) is 0.617. The third kappa shape index (κ3) is 2.65. The lowest BCUT2D eigenvalue weighted by Gasteiger charge is -2.07. The molecule has 2 aromatic heterocycles. The van der Waals surface area contributed by atoms with Crippen molar-refractivity contribution in [2.45, 2.75) is 6.54 Å². The van der Waals surface area contributed by atoms with Gasteiger partial charge in [0.05, 0.1) is 10.2 Å². The number of hydrogen-bond acceptors (Lipinski definition) is 6. The Labute approximate surface area is 120 Å². The molecule has 100 valence electrons. The monoisotopic (exact) mass is 285 g/mol. The van der Waals surface area contributed by atoms with Crippen molar-refractivity contribution in [3.05, 3.63) is 47.6 Å². The quantitative estimate of drug-likeness (QED) is 0.623. The summed E-state index contributed by atoms with van der Waals surface area (Å²) in [5, 5.41) is 23.3. The fourth-order valence-corrected chi connectivity index (χ4v) is 2.72. The van der Waals surface area contributed by atoms with Crippen molar-refractivity contribution in [1.82, 2.24) is 9.97 Å². The van der Waals surface area contributed by atoms with E-state index in [1.54, 1.807) is 29.8 Å². The summed E-state index contributed by atoms with van der Waals surface area (Å²) in [5.41, 5.74) is 2.46. The molecule has 3 N–H and O–H groups in total. The Bertz CT molecular complexity index is 715. The van der Waals surface area contributed by atoms with Crippen LogP contribution in [-0.4, -0.2) is 27.1 Å². The number of fused-ring (bicyclic) bond motifs is 1. The average Bonchev–Trinajstić information content (AvgIpc) is 2.94. The van der Waals surface area contributed by atoms with Gasteiger partial charge < -0.3 is 15.4 Å². The highest BCUT2D eigenvalue weighted by Gasteiger charge is 2.10. The maximum Gasteiger partial charge on any atom is 0.488 e. The average molecular weight is 285 g/mol. The lowest BCUT2D eigenvalue weighted by molar-refractivity contribution is 0.426. The van der Waals surface area contributed by atoms with E-state index < -0.39 is 7.12 Å². The Morgan fingerprint density at radius 1 is 1.10 bits per heavy atom. The Hall–Kier alpha value is -1.96. The minimum Gasteiger partial charge on any atom is -0.423 e. The third-order valence-corrected chi connectivity index (χ3v) is 3.89. The van der Waals surface area contributed by atoms with Gasteiger partial charge in [0.25, 0.3) is 0 Å². The Morgan fingerprint density at radius 3 is 2.65 bits per heavy atom. The van der Waals surface area contributed by atoms with Crippen LogP contribution in [0.3, 0.4) is 0 Å². The Morgan fingerprint density at radius 2 is 1.90 bits per heavy atom. The highest BCUT2D eigenvalue weighted by atomic mass is 32.1. The van der Waals surface area contributed by atoms with Crippen molar-refractivity contribution >= 4 is 40.0 Å². The predicted molar refractivity (Wildman–Crippen MR) is 81.0 cm³/mol. The smallest absolute Gasteiger partial charge is 0.423 e. The second-order valence-electron chi connectivity index (χ2n) is 4.33. The molecule has 0 bridgehead atoms. The number of aromatic nitrogens is 2. The van der Waals surface area contributed by atoms with Crippen LogP contribution < -0.4 is 10.8 Å². The molecule has 0 amide bonds. The largest absolute Gasteiger partial charge is 0.488 e. The lowest BCUT2D eigenvalue weighted by Crippen LogP contribution is -2.29. The lowest BCUT2D eigenvalue weighted by atomic mass is 9.80. The van der Waals surface area contributed by atoms with Gasteiger partial charge in [0, 0.05) is 6.54 Å². The molecule has 0 saturated heterocycles. The first-order valence-electron chi connectivity index (χ1n) is 6.11. The molecule has 0 fully saturated rings. The summed E-state index contributed by atoms with van der Waals surface area (Å²) in [4.78, 5) is 8.44. The number of benzene rings is 1. The topological polar surface area (TPSA) is 78.3 Å².